The summed E-state index contributed by atoms with van der Waals surface area (Å²) in [5.74, 6) is 0.243. The van der Waals surface area contributed by atoms with Crippen molar-refractivity contribution in [2.75, 3.05) is 0 Å². The summed E-state index contributed by atoms with van der Waals surface area (Å²) in [6.07, 6.45) is 5.24. The Morgan fingerprint density at radius 1 is 1.12 bits per heavy atom. The van der Waals surface area contributed by atoms with Gasteiger partial charge in [0.25, 0.3) is 0 Å². The molecule has 84 valence electrons. The average molecular weight is 214 g/mol. The van der Waals surface area contributed by atoms with Gasteiger partial charge in [-0.3, -0.25) is 4.79 Å². The molecule has 0 radical (unpaired) electrons. The van der Waals surface area contributed by atoms with Crippen molar-refractivity contribution in [3.05, 3.63) is 46.0 Å². The minimum absolute atomic E-state index is 0.243. The van der Waals surface area contributed by atoms with Crippen LogP contribution in [0.25, 0.3) is 0 Å². The van der Waals surface area contributed by atoms with Crippen molar-refractivity contribution in [2.45, 2.75) is 40.0 Å². The zero-order valence-electron chi connectivity index (χ0n) is 10.3. The number of rotatable bonds is 2. The Kier molecular flexibility index (Phi) is 2.95. The molecule has 0 spiro atoms. The zero-order valence-corrected chi connectivity index (χ0v) is 10.3. The molecule has 1 aliphatic rings. The number of hydrogen-bond acceptors (Lipinski definition) is 1. The van der Waals surface area contributed by atoms with E-state index in [1.807, 2.05) is 13.8 Å². The number of benzene rings is 1. The predicted octanol–water partition coefficient (Wildman–Crippen LogP) is 3.90. The van der Waals surface area contributed by atoms with Crippen molar-refractivity contribution in [1.82, 2.24) is 0 Å². The lowest BCUT2D eigenvalue weighted by atomic mass is 9.93. The average Bonchev–Trinajstić information content (AvgIpc) is 2.67. The summed E-state index contributed by atoms with van der Waals surface area (Å²) < 4.78 is 0. The summed E-state index contributed by atoms with van der Waals surface area (Å²) in [4.78, 5) is 12.3. The van der Waals surface area contributed by atoms with Gasteiger partial charge in [0.15, 0.2) is 5.78 Å². The van der Waals surface area contributed by atoms with Crippen LogP contribution in [0.15, 0.2) is 23.8 Å². The van der Waals surface area contributed by atoms with E-state index in [1.54, 1.807) is 0 Å². The Morgan fingerprint density at radius 3 is 2.25 bits per heavy atom. The van der Waals surface area contributed by atoms with Crippen molar-refractivity contribution in [1.29, 1.82) is 0 Å². The minimum atomic E-state index is 0.243. The molecule has 1 heteroatoms. The van der Waals surface area contributed by atoms with Crippen LogP contribution in [0.1, 0.15) is 46.3 Å². The van der Waals surface area contributed by atoms with Crippen molar-refractivity contribution >= 4 is 5.78 Å². The van der Waals surface area contributed by atoms with Crippen LogP contribution < -0.4 is 0 Å². The topological polar surface area (TPSA) is 17.1 Å². The SMILES string of the molecule is Cc1cc(C)c(C(=O)C2=CCCC2)c(C)c1. The molecule has 0 saturated carbocycles. The van der Waals surface area contributed by atoms with Crippen LogP contribution in [-0.4, -0.2) is 5.78 Å². The van der Waals surface area contributed by atoms with Gasteiger partial charge in [-0.05, 0) is 56.7 Å². The standard InChI is InChI=1S/C15H18O/c1-10-8-11(2)14(12(3)9-10)15(16)13-6-4-5-7-13/h6,8-9H,4-5,7H2,1-3H3. The Labute approximate surface area is 97.2 Å². The molecule has 0 N–H and O–H groups in total. The van der Waals surface area contributed by atoms with E-state index in [-0.39, 0.29) is 5.78 Å². The number of carbonyl (C=O) groups excluding carboxylic acids is 1. The molecule has 1 aromatic rings. The lowest BCUT2D eigenvalue weighted by Crippen LogP contribution is -2.07. The molecule has 16 heavy (non-hydrogen) atoms. The first kappa shape index (κ1) is 11.1. The lowest BCUT2D eigenvalue weighted by Gasteiger charge is -2.10. The fourth-order valence-corrected chi connectivity index (χ4v) is 2.58. The van der Waals surface area contributed by atoms with Gasteiger partial charge in [-0.1, -0.05) is 23.8 Å². The van der Waals surface area contributed by atoms with E-state index in [2.05, 4.69) is 25.1 Å². The summed E-state index contributed by atoms with van der Waals surface area (Å²) >= 11 is 0. The summed E-state index contributed by atoms with van der Waals surface area (Å²) in [5.41, 5.74) is 5.37. The number of Topliss-reactive ketones (excluding diaryl/α,β-unsaturated/α-hetero) is 1. The normalized spacial score (nSPS) is 15.1. The van der Waals surface area contributed by atoms with E-state index in [0.29, 0.717) is 0 Å². The Morgan fingerprint density at radius 2 is 1.75 bits per heavy atom. The smallest absolute Gasteiger partial charge is 0.189 e. The molecule has 0 fully saturated rings. The first-order valence-electron chi connectivity index (χ1n) is 5.91. The van der Waals surface area contributed by atoms with E-state index in [9.17, 15) is 4.79 Å². The number of carbonyl (C=O) groups is 1. The highest BCUT2D eigenvalue weighted by Crippen LogP contribution is 2.25. The molecule has 2 rings (SSSR count). The van der Waals surface area contributed by atoms with Crippen LogP contribution in [0.3, 0.4) is 0 Å². The largest absolute Gasteiger partial charge is 0.289 e. The third kappa shape index (κ3) is 1.95. The minimum Gasteiger partial charge on any atom is -0.289 e. The van der Waals surface area contributed by atoms with Crippen molar-refractivity contribution in [3.8, 4) is 0 Å². The number of allylic oxidation sites excluding steroid dienone is 2. The molecule has 0 aromatic heterocycles. The highest BCUT2D eigenvalue weighted by atomic mass is 16.1. The zero-order chi connectivity index (χ0) is 11.7. The van der Waals surface area contributed by atoms with Crippen LogP contribution in [0.2, 0.25) is 0 Å². The quantitative estimate of drug-likeness (QED) is 0.682. The van der Waals surface area contributed by atoms with Crippen LogP contribution >= 0.6 is 0 Å². The van der Waals surface area contributed by atoms with Crippen LogP contribution in [-0.2, 0) is 0 Å². The van der Waals surface area contributed by atoms with Gasteiger partial charge in [-0.2, -0.15) is 0 Å². The van der Waals surface area contributed by atoms with Gasteiger partial charge in [0.1, 0.15) is 0 Å². The van der Waals surface area contributed by atoms with E-state index >= 15 is 0 Å². The van der Waals surface area contributed by atoms with E-state index in [4.69, 9.17) is 0 Å². The predicted molar refractivity (Wildman–Crippen MR) is 66.9 cm³/mol. The molecular formula is C15H18O. The second-order valence-electron chi connectivity index (χ2n) is 4.72. The molecule has 0 unspecified atom stereocenters. The Balaban J connectivity index is 2.44. The maximum Gasteiger partial charge on any atom is 0.189 e. The summed E-state index contributed by atoms with van der Waals surface area (Å²) in [6, 6.07) is 4.19. The van der Waals surface area contributed by atoms with Gasteiger partial charge in [0.05, 0.1) is 0 Å². The Hall–Kier alpha value is -1.37. The van der Waals surface area contributed by atoms with Crippen LogP contribution in [0, 0.1) is 20.8 Å². The van der Waals surface area contributed by atoms with E-state index in [1.165, 1.54) is 5.56 Å². The molecule has 0 heterocycles. The third-order valence-corrected chi connectivity index (χ3v) is 3.24. The van der Waals surface area contributed by atoms with E-state index < -0.39 is 0 Å². The maximum absolute atomic E-state index is 12.3. The fraction of sp³-hybridized carbons (Fsp3) is 0.400. The molecule has 1 nitrogen and oxygen atoms in total. The summed E-state index contributed by atoms with van der Waals surface area (Å²) in [7, 11) is 0. The fourth-order valence-electron chi connectivity index (χ4n) is 2.58. The molecule has 0 atom stereocenters. The number of aryl methyl sites for hydroxylation is 3. The first-order valence-corrected chi connectivity index (χ1v) is 5.91. The van der Waals surface area contributed by atoms with Crippen LogP contribution in [0.5, 0.6) is 0 Å². The second kappa shape index (κ2) is 4.25. The molecule has 0 amide bonds. The van der Waals surface area contributed by atoms with Gasteiger partial charge in [-0.25, -0.2) is 0 Å². The lowest BCUT2D eigenvalue weighted by molar-refractivity contribution is 0.103. The van der Waals surface area contributed by atoms with Crippen molar-refractivity contribution in [3.63, 3.8) is 0 Å². The van der Waals surface area contributed by atoms with E-state index in [0.717, 1.165) is 41.5 Å². The van der Waals surface area contributed by atoms with Gasteiger partial charge in [0, 0.05) is 5.56 Å². The molecule has 0 aliphatic heterocycles. The van der Waals surface area contributed by atoms with Crippen molar-refractivity contribution < 1.29 is 4.79 Å². The summed E-state index contributed by atoms with van der Waals surface area (Å²) in [5, 5.41) is 0. The van der Waals surface area contributed by atoms with Gasteiger partial charge >= 0.3 is 0 Å². The van der Waals surface area contributed by atoms with Crippen LogP contribution in [0.4, 0.5) is 0 Å². The highest BCUT2D eigenvalue weighted by Gasteiger charge is 2.18. The molecule has 1 aromatic carbocycles. The van der Waals surface area contributed by atoms with Crippen molar-refractivity contribution in [2.24, 2.45) is 0 Å². The molecule has 0 saturated heterocycles. The number of ketones is 1. The first-order chi connectivity index (χ1) is 7.59. The monoisotopic (exact) mass is 214 g/mol. The Bertz CT molecular complexity index is 443. The third-order valence-electron chi connectivity index (χ3n) is 3.24. The number of hydrogen-bond donors (Lipinski definition) is 0. The molecule has 1 aliphatic carbocycles. The summed E-state index contributed by atoms with van der Waals surface area (Å²) in [6.45, 7) is 6.13. The highest BCUT2D eigenvalue weighted by molar-refractivity contribution is 6.10. The second-order valence-corrected chi connectivity index (χ2v) is 4.72. The maximum atomic E-state index is 12.3. The van der Waals surface area contributed by atoms with Gasteiger partial charge < -0.3 is 0 Å². The molecule has 0 bridgehead atoms. The molecular weight excluding hydrogens is 196 g/mol. The van der Waals surface area contributed by atoms with Gasteiger partial charge in [-0.15, -0.1) is 0 Å². The van der Waals surface area contributed by atoms with Gasteiger partial charge in [0.2, 0.25) is 0 Å².